The SMILES string of the molecule is Cc1nn(C)c(C)c1Oc1ncc(CBr)cn1. The van der Waals surface area contributed by atoms with E-state index >= 15 is 0 Å². The number of ether oxygens (including phenoxy) is 1. The molecule has 0 N–H and O–H groups in total. The highest BCUT2D eigenvalue weighted by molar-refractivity contribution is 9.08. The first kappa shape index (κ1) is 12.0. The molecule has 0 aliphatic carbocycles. The van der Waals surface area contributed by atoms with Gasteiger partial charge in [-0.15, -0.1) is 0 Å². The average Bonchev–Trinajstić information content (AvgIpc) is 2.57. The van der Waals surface area contributed by atoms with Crippen LogP contribution in [0.25, 0.3) is 0 Å². The van der Waals surface area contributed by atoms with Crippen molar-refractivity contribution >= 4 is 15.9 Å². The summed E-state index contributed by atoms with van der Waals surface area (Å²) in [6.07, 6.45) is 3.47. The lowest BCUT2D eigenvalue weighted by atomic mass is 10.3. The second-order valence-corrected chi connectivity index (χ2v) is 4.29. The van der Waals surface area contributed by atoms with Crippen molar-refractivity contribution in [2.45, 2.75) is 19.2 Å². The number of aryl methyl sites for hydroxylation is 2. The van der Waals surface area contributed by atoms with E-state index in [9.17, 15) is 0 Å². The number of aromatic nitrogens is 4. The molecular weight excluding hydrogens is 284 g/mol. The van der Waals surface area contributed by atoms with Crippen LogP contribution in [0.5, 0.6) is 11.8 Å². The standard InChI is InChI=1S/C11H13BrN4O/c1-7-10(8(2)16(3)15-7)17-11-13-5-9(4-12)6-14-11/h5-6H,4H2,1-3H3. The maximum absolute atomic E-state index is 5.64. The second-order valence-electron chi connectivity index (χ2n) is 3.73. The summed E-state index contributed by atoms with van der Waals surface area (Å²) in [6.45, 7) is 3.84. The van der Waals surface area contributed by atoms with Gasteiger partial charge in [0.25, 0.3) is 0 Å². The summed E-state index contributed by atoms with van der Waals surface area (Å²) in [5, 5.41) is 5.00. The van der Waals surface area contributed by atoms with Crippen LogP contribution in [0.1, 0.15) is 17.0 Å². The third-order valence-electron chi connectivity index (χ3n) is 2.47. The van der Waals surface area contributed by atoms with E-state index in [1.165, 1.54) is 0 Å². The molecule has 2 heterocycles. The van der Waals surface area contributed by atoms with Gasteiger partial charge in [-0.2, -0.15) is 5.10 Å². The van der Waals surface area contributed by atoms with E-state index in [0.717, 1.165) is 28.0 Å². The largest absolute Gasteiger partial charge is 0.420 e. The fraction of sp³-hybridized carbons (Fsp3) is 0.364. The lowest BCUT2D eigenvalue weighted by Gasteiger charge is -2.04. The first-order valence-corrected chi connectivity index (χ1v) is 6.29. The van der Waals surface area contributed by atoms with Crippen LogP contribution in [0.4, 0.5) is 0 Å². The van der Waals surface area contributed by atoms with Gasteiger partial charge < -0.3 is 4.74 Å². The maximum atomic E-state index is 5.64. The molecule has 0 bridgehead atoms. The minimum atomic E-state index is 0.342. The molecular formula is C11H13BrN4O. The molecule has 6 heteroatoms. The normalized spacial score (nSPS) is 10.6. The van der Waals surface area contributed by atoms with Gasteiger partial charge in [-0.1, -0.05) is 15.9 Å². The molecule has 2 aromatic heterocycles. The smallest absolute Gasteiger partial charge is 0.322 e. The topological polar surface area (TPSA) is 52.8 Å². The zero-order valence-electron chi connectivity index (χ0n) is 9.94. The molecule has 0 aliphatic rings. The zero-order chi connectivity index (χ0) is 12.4. The van der Waals surface area contributed by atoms with Crippen LogP contribution in [0.15, 0.2) is 12.4 Å². The summed E-state index contributed by atoms with van der Waals surface area (Å²) < 4.78 is 7.41. The van der Waals surface area contributed by atoms with Gasteiger partial charge in [0.15, 0.2) is 5.75 Å². The number of hydrogen-bond donors (Lipinski definition) is 0. The van der Waals surface area contributed by atoms with Crippen molar-refractivity contribution in [1.29, 1.82) is 0 Å². The van der Waals surface area contributed by atoms with Crippen LogP contribution in [0.3, 0.4) is 0 Å². The maximum Gasteiger partial charge on any atom is 0.322 e. The second kappa shape index (κ2) is 4.83. The molecule has 2 aromatic rings. The third kappa shape index (κ3) is 2.46. The van der Waals surface area contributed by atoms with Crippen molar-refractivity contribution in [2.24, 2.45) is 7.05 Å². The van der Waals surface area contributed by atoms with Crippen molar-refractivity contribution in [3.8, 4) is 11.8 Å². The van der Waals surface area contributed by atoms with Crippen molar-refractivity contribution < 1.29 is 4.74 Å². The highest BCUT2D eigenvalue weighted by atomic mass is 79.9. The van der Waals surface area contributed by atoms with E-state index in [0.29, 0.717) is 6.01 Å². The quantitative estimate of drug-likeness (QED) is 0.817. The fourth-order valence-corrected chi connectivity index (χ4v) is 1.75. The molecule has 0 unspecified atom stereocenters. The van der Waals surface area contributed by atoms with Gasteiger partial charge in [-0.25, -0.2) is 9.97 Å². The molecule has 0 saturated heterocycles. The third-order valence-corrected chi connectivity index (χ3v) is 3.12. The highest BCUT2D eigenvalue weighted by Crippen LogP contribution is 2.25. The van der Waals surface area contributed by atoms with Crippen LogP contribution in [-0.2, 0) is 12.4 Å². The van der Waals surface area contributed by atoms with E-state index < -0.39 is 0 Å². The van der Waals surface area contributed by atoms with Crippen LogP contribution < -0.4 is 4.74 Å². The predicted octanol–water partition coefficient (Wildman–Crippen LogP) is 2.51. The lowest BCUT2D eigenvalue weighted by molar-refractivity contribution is 0.434. The van der Waals surface area contributed by atoms with Gasteiger partial charge in [0.05, 0.1) is 5.69 Å². The number of alkyl halides is 1. The van der Waals surface area contributed by atoms with Gasteiger partial charge in [0, 0.05) is 24.8 Å². The van der Waals surface area contributed by atoms with E-state index in [1.54, 1.807) is 17.1 Å². The Labute approximate surface area is 108 Å². The molecule has 0 aliphatic heterocycles. The number of nitrogens with zero attached hydrogens (tertiary/aromatic N) is 4. The van der Waals surface area contributed by atoms with E-state index in [2.05, 4.69) is 31.0 Å². The van der Waals surface area contributed by atoms with Gasteiger partial charge >= 0.3 is 6.01 Å². The minimum absolute atomic E-state index is 0.342. The van der Waals surface area contributed by atoms with E-state index in [1.807, 2.05) is 20.9 Å². The molecule has 0 spiro atoms. The Morgan fingerprint density at radius 2 is 1.94 bits per heavy atom. The Bertz CT molecular complexity index is 521. The Morgan fingerprint density at radius 3 is 2.41 bits per heavy atom. The molecule has 0 atom stereocenters. The molecule has 17 heavy (non-hydrogen) atoms. The molecule has 90 valence electrons. The van der Waals surface area contributed by atoms with Crippen LogP contribution in [0.2, 0.25) is 0 Å². The number of rotatable bonds is 3. The predicted molar refractivity (Wildman–Crippen MR) is 67.4 cm³/mol. The molecule has 5 nitrogen and oxygen atoms in total. The van der Waals surface area contributed by atoms with Gasteiger partial charge in [0.2, 0.25) is 0 Å². The van der Waals surface area contributed by atoms with Crippen LogP contribution in [-0.4, -0.2) is 19.7 Å². The van der Waals surface area contributed by atoms with Gasteiger partial charge in [0.1, 0.15) is 5.69 Å². The minimum Gasteiger partial charge on any atom is -0.420 e. The first-order chi connectivity index (χ1) is 8.11. The fourth-order valence-electron chi connectivity index (χ4n) is 1.46. The van der Waals surface area contributed by atoms with Gasteiger partial charge in [-0.05, 0) is 19.4 Å². The molecule has 0 aromatic carbocycles. The van der Waals surface area contributed by atoms with E-state index in [4.69, 9.17) is 4.74 Å². The first-order valence-electron chi connectivity index (χ1n) is 5.16. The summed E-state index contributed by atoms with van der Waals surface area (Å²) in [4.78, 5) is 8.27. The van der Waals surface area contributed by atoms with Crippen molar-refractivity contribution in [2.75, 3.05) is 0 Å². The lowest BCUT2D eigenvalue weighted by Crippen LogP contribution is -1.95. The number of halogens is 1. The molecule has 2 rings (SSSR count). The molecule has 0 radical (unpaired) electrons. The Kier molecular flexibility index (Phi) is 3.42. The molecule has 0 saturated carbocycles. The van der Waals surface area contributed by atoms with Crippen molar-refractivity contribution in [3.63, 3.8) is 0 Å². The van der Waals surface area contributed by atoms with Gasteiger partial charge in [-0.3, -0.25) is 4.68 Å². The van der Waals surface area contributed by atoms with Crippen molar-refractivity contribution in [3.05, 3.63) is 29.3 Å². The van der Waals surface area contributed by atoms with E-state index in [-0.39, 0.29) is 0 Å². The Morgan fingerprint density at radius 1 is 1.29 bits per heavy atom. The number of hydrogen-bond acceptors (Lipinski definition) is 4. The summed E-state index contributed by atoms with van der Waals surface area (Å²) in [5.74, 6) is 0.721. The monoisotopic (exact) mass is 296 g/mol. The molecule has 0 amide bonds. The summed E-state index contributed by atoms with van der Waals surface area (Å²) in [6, 6.07) is 0.342. The van der Waals surface area contributed by atoms with Crippen LogP contribution >= 0.6 is 15.9 Å². The zero-order valence-corrected chi connectivity index (χ0v) is 11.5. The van der Waals surface area contributed by atoms with Crippen LogP contribution in [0, 0.1) is 13.8 Å². The Balaban J connectivity index is 2.25. The summed E-state index contributed by atoms with van der Waals surface area (Å²) in [7, 11) is 1.88. The molecule has 0 fully saturated rings. The average molecular weight is 297 g/mol. The summed E-state index contributed by atoms with van der Waals surface area (Å²) >= 11 is 3.34. The summed E-state index contributed by atoms with van der Waals surface area (Å²) in [5.41, 5.74) is 2.80. The van der Waals surface area contributed by atoms with Crippen molar-refractivity contribution in [1.82, 2.24) is 19.7 Å². The highest BCUT2D eigenvalue weighted by Gasteiger charge is 2.12. The Hall–Kier alpha value is -1.43.